The molecule has 0 aliphatic rings. The van der Waals surface area contributed by atoms with Gasteiger partial charge < -0.3 is 10.1 Å². The summed E-state index contributed by atoms with van der Waals surface area (Å²) in [6.07, 6.45) is 4.81. The number of benzene rings is 2. The zero-order valence-corrected chi connectivity index (χ0v) is 16.6. The molecule has 140 valence electrons. The van der Waals surface area contributed by atoms with E-state index in [1.807, 2.05) is 24.3 Å². The Bertz CT molecular complexity index is 1030. The average molecular weight is 437 g/mol. The standard InChI is InChI=1S/C22H17BrN2O3/c1-24-22(27)20-14-19(11-12-25-20)28-18-8-6-16(7-9-18)21(26)10-5-15-3-2-4-17(23)13-15/h2-14H,1H3,(H,24,27)/b10-5+. The van der Waals surface area contributed by atoms with Crippen LogP contribution in [-0.4, -0.2) is 23.7 Å². The summed E-state index contributed by atoms with van der Waals surface area (Å²) in [6, 6.07) is 17.7. The quantitative estimate of drug-likeness (QED) is 0.441. The highest BCUT2D eigenvalue weighted by atomic mass is 79.9. The van der Waals surface area contributed by atoms with Crippen LogP contribution in [0, 0.1) is 0 Å². The Labute approximate surface area is 171 Å². The second-order valence-electron chi connectivity index (χ2n) is 5.83. The van der Waals surface area contributed by atoms with Crippen molar-refractivity contribution < 1.29 is 14.3 Å². The van der Waals surface area contributed by atoms with Crippen molar-refractivity contribution in [2.45, 2.75) is 0 Å². The molecular weight excluding hydrogens is 420 g/mol. The number of rotatable bonds is 6. The smallest absolute Gasteiger partial charge is 0.269 e. The third kappa shape index (κ3) is 5.14. The molecule has 3 aromatic rings. The Balaban J connectivity index is 1.68. The lowest BCUT2D eigenvalue weighted by molar-refractivity contribution is 0.0957. The van der Waals surface area contributed by atoms with Gasteiger partial charge in [-0.1, -0.05) is 34.1 Å². The van der Waals surface area contributed by atoms with Crippen molar-refractivity contribution in [3.8, 4) is 11.5 Å². The van der Waals surface area contributed by atoms with E-state index in [9.17, 15) is 9.59 Å². The minimum Gasteiger partial charge on any atom is -0.457 e. The molecule has 1 amide bonds. The van der Waals surface area contributed by atoms with Crippen molar-refractivity contribution in [2.75, 3.05) is 7.05 Å². The largest absolute Gasteiger partial charge is 0.457 e. The first-order valence-corrected chi connectivity index (χ1v) is 9.28. The SMILES string of the molecule is CNC(=O)c1cc(Oc2ccc(C(=O)/C=C/c3cccc(Br)c3)cc2)ccn1. The van der Waals surface area contributed by atoms with E-state index in [4.69, 9.17) is 4.74 Å². The van der Waals surface area contributed by atoms with Crippen molar-refractivity contribution in [3.05, 3.63) is 94.2 Å². The lowest BCUT2D eigenvalue weighted by Gasteiger charge is -2.07. The molecule has 0 unspecified atom stereocenters. The lowest BCUT2D eigenvalue weighted by Crippen LogP contribution is -2.18. The van der Waals surface area contributed by atoms with Crippen LogP contribution in [0.1, 0.15) is 26.4 Å². The number of hydrogen-bond donors (Lipinski definition) is 1. The van der Waals surface area contributed by atoms with Crippen molar-refractivity contribution >= 4 is 33.7 Å². The maximum atomic E-state index is 12.3. The third-order valence-electron chi connectivity index (χ3n) is 3.84. The number of ether oxygens (including phenoxy) is 1. The molecule has 0 fully saturated rings. The molecule has 6 heteroatoms. The Morgan fingerprint density at radius 2 is 1.82 bits per heavy atom. The summed E-state index contributed by atoms with van der Waals surface area (Å²) in [4.78, 5) is 28.0. The zero-order valence-electron chi connectivity index (χ0n) is 15.1. The Kier molecular flexibility index (Phi) is 6.34. The van der Waals surface area contributed by atoms with Crippen LogP contribution in [0.15, 0.2) is 77.4 Å². The first kappa shape index (κ1) is 19.5. The van der Waals surface area contributed by atoms with E-state index in [0.29, 0.717) is 17.1 Å². The highest BCUT2D eigenvalue weighted by molar-refractivity contribution is 9.10. The van der Waals surface area contributed by atoms with E-state index >= 15 is 0 Å². The van der Waals surface area contributed by atoms with Gasteiger partial charge in [0.15, 0.2) is 5.78 Å². The molecule has 0 atom stereocenters. The van der Waals surface area contributed by atoms with E-state index in [2.05, 4.69) is 26.2 Å². The second-order valence-corrected chi connectivity index (χ2v) is 6.75. The molecule has 0 bridgehead atoms. The maximum Gasteiger partial charge on any atom is 0.269 e. The predicted octanol–water partition coefficient (Wildman–Crippen LogP) is 4.89. The van der Waals surface area contributed by atoms with Gasteiger partial charge in [-0.05, 0) is 54.1 Å². The van der Waals surface area contributed by atoms with E-state index < -0.39 is 0 Å². The fraction of sp³-hybridized carbons (Fsp3) is 0.0455. The van der Waals surface area contributed by atoms with Gasteiger partial charge in [0.25, 0.3) is 5.91 Å². The number of hydrogen-bond acceptors (Lipinski definition) is 4. The summed E-state index contributed by atoms with van der Waals surface area (Å²) in [6.45, 7) is 0. The van der Waals surface area contributed by atoms with Gasteiger partial charge in [-0.2, -0.15) is 0 Å². The monoisotopic (exact) mass is 436 g/mol. The predicted molar refractivity (Wildman–Crippen MR) is 112 cm³/mol. The molecule has 2 aromatic carbocycles. The van der Waals surface area contributed by atoms with Gasteiger partial charge in [0.2, 0.25) is 0 Å². The van der Waals surface area contributed by atoms with Crippen molar-refractivity contribution in [2.24, 2.45) is 0 Å². The van der Waals surface area contributed by atoms with Crippen LogP contribution in [0.5, 0.6) is 11.5 Å². The van der Waals surface area contributed by atoms with Crippen LogP contribution in [0.4, 0.5) is 0 Å². The van der Waals surface area contributed by atoms with Crippen LogP contribution in [0.25, 0.3) is 6.08 Å². The van der Waals surface area contributed by atoms with Gasteiger partial charge in [0, 0.05) is 29.3 Å². The van der Waals surface area contributed by atoms with Crippen molar-refractivity contribution in [1.29, 1.82) is 0 Å². The summed E-state index contributed by atoms with van der Waals surface area (Å²) in [5.74, 6) is 0.657. The average Bonchev–Trinajstić information content (AvgIpc) is 2.72. The van der Waals surface area contributed by atoms with E-state index in [0.717, 1.165) is 10.0 Å². The van der Waals surface area contributed by atoms with Gasteiger partial charge in [0.1, 0.15) is 17.2 Å². The number of halogens is 1. The Morgan fingerprint density at radius 1 is 1.04 bits per heavy atom. The molecule has 28 heavy (non-hydrogen) atoms. The van der Waals surface area contributed by atoms with Gasteiger partial charge in [0.05, 0.1) is 0 Å². The summed E-state index contributed by atoms with van der Waals surface area (Å²) < 4.78 is 6.69. The normalized spacial score (nSPS) is 10.6. The molecule has 0 saturated heterocycles. The number of aromatic nitrogens is 1. The van der Waals surface area contributed by atoms with Crippen LogP contribution < -0.4 is 10.1 Å². The molecule has 0 aliphatic carbocycles. The molecular formula is C22H17BrN2O3. The molecule has 1 aromatic heterocycles. The zero-order chi connectivity index (χ0) is 19.9. The first-order chi connectivity index (χ1) is 13.5. The van der Waals surface area contributed by atoms with Gasteiger partial charge in [-0.3, -0.25) is 14.6 Å². The van der Waals surface area contributed by atoms with Crippen molar-refractivity contribution in [1.82, 2.24) is 10.3 Å². The fourth-order valence-corrected chi connectivity index (χ4v) is 2.85. The van der Waals surface area contributed by atoms with Crippen LogP contribution >= 0.6 is 15.9 Å². The summed E-state index contributed by atoms with van der Waals surface area (Å²) in [5, 5.41) is 2.52. The number of amides is 1. The molecule has 1 heterocycles. The maximum absolute atomic E-state index is 12.3. The highest BCUT2D eigenvalue weighted by Gasteiger charge is 2.07. The molecule has 5 nitrogen and oxygen atoms in total. The second kappa shape index (κ2) is 9.10. The van der Waals surface area contributed by atoms with E-state index in [1.165, 1.54) is 12.3 Å². The first-order valence-electron chi connectivity index (χ1n) is 8.49. The number of nitrogens with one attached hydrogen (secondary N) is 1. The summed E-state index contributed by atoms with van der Waals surface area (Å²) in [7, 11) is 1.54. The number of ketones is 1. The Hall–Kier alpha value is -3.25. The van der Waals surface area contributed by atoms with Crippen LogP contribution in [0.3, 0.4) is 0 Å². The van der Waals surface area contributed by atoms with Gasteiger partial charge in [-0.15, -0.1) is 0 Å². The molecule has 0 spiro atoms. The summed E-state index contributed by atoms with van der Waals surface area (Å²) in [5.41, 5.74) is 1.76. The summed E-state index contributed by atoms with van der Waals surface area (Å²) >= 11 is 3.41. The molecule has 1 N–H and O–H groups in total. The molecule has 3 rings (SSSR count). The lowest BCUT2D eigenvalue weighted by atomic mass is 10.1. The number of carbonyl (C=O) groups is 2. The van der Waals surface area contributed by atoms with Gasteiger partial charge in [-0.25, -0.2) is 0 Å². The number of pyridine rings is 1. The van der Waals surface area contributed by atoms with E-state index in [-0.39, 0.29) is 17.4 Å². The number of nitrogens with zero attached hydrogens (tertiary/aromatic N) is 1. The Morgan fingerprint density at radius 3 is 2.54 bits per heavy atom. The van der Waals surface area contributed by atoms with E-state index in [1.54, 1.807) is 49.5 Å². The molecule has 0 aliphatic heterocycles. The van der Waals surface area contributed by atoms with Crippen molar-refractivity contribution in [3.63, 3.8) is 0 Å². The molecule has 0 radical (unpaired) electrons. The molecule has 0 saturated carbocycles. The van der Waals surface area contributed by atoms with Crippen LogP contribution in [0.2, 0.25) is 0 Å². The topological polar surface area (TPSA) is 68.3 Å². The number of carbonyl (C=O) groups excluding carboxylic acids is 2. The van der Waals surface area contributed by atoms with Gasteiger partial charge >= 0.3 is 0 Å². The fourth-order valence-electron chi connectivity index (χ4n) is 2.43. The number of allylic oxidation sites excluding steroid dienone is 1. The third-order valence-corrected chi connectivity index (χ3v) is 4.33. The minimum atomic E-state index is -0.288. The highest BCUT2D eigenvalue weighted by Crippen LogP contribution is 2.22. The minimum absolute atomic E-state index is 0.0997. The van der Waals surface area contributed by atoms with Crippen LogP contribution in [-0.2, 0) is 0 Å².